The van der Waals surface area contributed by atoms with Gasteiger partial charge in [-0.3, -0.25) is 0 Å². The highest BCUT2D eigenvalue weighted by Gasteiger charge is 2.02. The molecule has 0 aliphatic rings. The topological polar surface area (TPSA) is 27.8 Å². The fourth-order valence-corrected chi connectivity index (χ4v) is 2.07. The molecule has 2 nitrogen and oxygen atoms in total. The van der Waals surface area contributed by atoms with Gasteiger partial charge in [-0.15, -0.1) is 0 Å². The van der Waals surface area contributed by atoms with Crippen molar-refractivity contribution in [3.63, 3.8) is 0 Å². The molecule has 3 aromatic rings. The molecule has 0 amide bonds. The van der Waals surface area contributed by atoms with Gasteiger partial charge in [0.25, 0.3) is 0 Å². The number of hydrogen-bond acceptors (Lipinski definition) is 1. The van der Waals surface area contributed by atoms with Crippen LogP contribution >= 0.6 is 0 Å². The van der Waals surface area contributed by atoms with Gasteiger partial charge in [0.1, 0.15) is 5.82 Å². The molecule has 1 heterocycles. The lowest BCUT2D eigenvalue weighted by molar-refractivity contribution is 0.628. The van der Waals surface area contributed by atoms with E-state index in [1.54, 1.807) is 6.07 Å². The van der Waals surface area contributed by atoms with Crippen LogP contribution in [0.25, 0.3) is 10.9 Å². The third-order valence-corrected chi connectivity index (χ3v) is 2.98. The second-order valence-electron chi connectivity index (χ2n) is 4.22. The summed E-state index contributed by atoms with van der Waals surface area (Å²) in [5.74, 6) is -0.223. The molecule has 90 valence electrons. The van der Waals surface area contributed by atoms with E-state index >= 15 is 0 Å². The maximum atomic E-state index is 13.0. The normalized spacial score (nSPS) is 10.7. The molecule has 0 saturated heterocycles. The van der Waals surface area contributed by atoms with E-state index in [4.69, 9.17) is 0 Å². The molecule has 2 N–H and O–H groups in total. The van der Waals surface area contributed by atoms with Crippen molar-refractivity contribution in [2.45, 2.75) is 6.54 Å². The zero-order chi connectivity index (χ0) is 12.4. The Morgan fingerprint density at radius 2 is 1.94 bits per heavy atom. The van der Waals surface area contributed by atoms with Gasteiger partial charge in [-0.1, -0.05) is 24.3 Å². The van der Waals surface area contributed by atoms with Gasteiger partial charge >= 0.3 is 0 Å². The SMILES string of the molecule is Fc1cccc(NCc2c[nH]c3ccccc23)c1. The van der Waals surface area contributed by atoms with Crippen LogP contribution in [0.2, 0.25) is 0 Å². The number of hydrogen-bond donors (Lipinski definition) is 2. The number of aromatic nitrogens is 1. The van der Waals surface area contributed by atoms with Crippen LogP contribution in [0.4, 0.5) is 10.1 Å². The highest BCUT2D eigenvalue weighted by atomic mass is 19.1. The van der Waals surface area contributed by atoms with Crippen molar-refractivity contribution >= 4 is 16.6 Å². The van der Waals surface area contributed by atoms with Gasteiger partial charge in [0, 0.05) is 29.3 Å². The van der Waals surface area contributed by atoms with Gasteiger partial charge in [0.15, 0.2) is 0 Å². The number of benzene rings is 2. The van der Waals surface area contributed by atoms with E-state index in [1.165, 1.54) is 23.1 Å². The lowest BCUT2D eigenvalue weighted by Gasteiger charge is -2.05. The number of aromatic amines is 1. The summed E-state index contributed by atoms with van der Waals surface area (Å²) < 4.78 is 13.0. The van der Waals surface area contributed by atoms with E-state index in [1.807, 2.05) is 30.5 Å². The number of para-hydroxylation sites is 1. The average Bonchev–Trinajstić information content (AvgIpc) is 2.80. The molecule has 0 saturated carbocycles. The lowest BCUT2D eigenvalue weighted by atomic mass is 10.2. The number of fused-ring (bicyclic) bond motifs is 1. The minimum absolute atomic E-state index is 0.223. The Balaban J connectivity index is 1.81. The van der Waals surface area contributed by atoms with Gasteiger partial charge < -0.3 is 10.3 Å². The molecule has 3 rings (SSSR count). The van der Waals surface area contributed by atoms with Crippen LogP contribution in [0.3, 0.4) is 0 Å². The Labute approximate surface area is 104 Å². The van der Waals surface area contributed by atoms with Gasteiger partial charge in [-0.25, -0.2) is 4.39 Å². The molecule has 0 spiro atoms. The van der Waals surface area contributed by atoms with Crippen molar-refractivity contribution < 1.29 is 4.39 Å². The van der Waals surface area contributed by atoms with Crippen molar-refractivity contribution in [1.82, 2.24) is 4.98 Å². The molecule has 0 aliphatic heterocycles. The van der Waals surface area contributed by atoms with Crippen LogP contribution in [-0.2, 0) is 6.54 Å². The molecular weight excluding hydrogens is 227 g/mol. The summed E-state index contributed by atoms with van der Waals surface area (Å²) in [7, 11) is 0. The number of anilines is 1. The second kappa shape index (κ2) is 4.53. The summed E-state index contributed by atoms with van der Waals surface area (Å²) in [5.41, 5.74) is 3.09. The number of nitrogens with one attached hydrogen (secondary N) is 2. The fourth-order valence-electron chi connectivity index (χ4n) is 2.07. The summed E-state index contributed by atoms with van der Waals surface area (Å²) in [4.78, 5) is 3.22. The minimum Gasteiger partial charge on any atom is -0.381 e. The molecule has 0 bridgehead atoms. The van der Waals surface area contributed by atoms with E-state index in [0.717, 1.165) is 11.2 Å². The fraction of sp³-hybridized carbons (Fsp3) is 0.0667. The largest absolute Gasteiger partial charge is 0.381 e. The molecule has 2 aromatic carbocycles. The molecule has 0 fully saturated rings. The molecule has 0 unspecified atom stereocenters. The number of H-pyrrole nitrogens is 1. The number of rotatable bonds is 3. The smallest absolute Gasteiger partial charge is 0.125 e. The maximum Gasteiger partial charge on any atom is 0.125 e. The van der Waals surface area contributed by atoms with E-state index in [2.05, 4.69) is 16.4 Å². The first-order chi connectivity index (χ1) is 8.83. The minimum atomic E-state index is -0.223. The summed E-state index contributed by atoms with van der Waals surface area (Å²) >= 11 is 0. The molecule has 18 heavy (non-hydrogen) atoms. The first-order valence-electron chi connectivity index (χ1n) is 5.87. The zero-order valence-corrected chi connectivity index (χ0v) is 9.78. The highest BCUT2D eigenvalue weighted by molar-refractivity contribution is 5.83. The van der Waals surface area contributed by atoms with Crippen molar-refractivity contribution in [2.75, 3.05) is 5.32 Å². The molecular formula is C15H13FN2. The van der Waals surface area contributed by atoms with E-state index in [-0.39, 0.29) is 5.82 Å². The molecule has 0 atom stereocenters. The summed E-state index contributed by atoms with van der Waals surface area (Å²) in [5, 5.41) is 4.42. The Morgan fingerprint density at radius 3 is 2.83 bits per heavy atom. The quantitative estimate of drug-likeness (QED) is 0.713. The van der Waals surface area contributed by atoms with Gasteiger partial charge in [-0.05, 0) is 29.8 Å². The van der Waals surface area contributed by atoms with Crippen molar-refractivity contribution in [1.29, 1.82) is 0 Å². The van der Waals surface area contributed by atoms with Crippen molar-refractivity contribution in [2.24, 2.45) is 0 Å². The number of halogens is 1. The van der Waals surface area contributed by atoms with Gasteiger partial charge in [0.05, 0.1) is 0 Å². The van der Waals surface area contributed by atoms with Crippen LogP contribution in [0, 0.1) is 5.82 Å². The Bertz CT molecular complexity index is 673. The lowest BCUT2D eigenvalue weighted by Crippen LogP contribution is -1.98. The van der Waals surface area contributed by atoms with Crippen LogP contribution in [-0.4, -0.2) is 4.98 Å². The van der Waals surface area contributed by atoms with Crippen LogP contribution < -0.4 is 5.32 Å². The first-order valence-corrected chi connectivity index (χ1v) is 5.87. The molecule has 0 aliphatic carbocycles. The van der Waals surface area contributed by atoms with Gasteiger partial charge in [0.2, 0.25) is 0 Å². The maximum absolute atomic E-state index is 13.0. The third kappa shape index (κ3) is 2.07. The standard InChI is InChI=1S/C15H13FN2/c16-12-4-3-5-13(8-12)17-9-11-10-18-15-7-2-1-6-14(11)15/h1-8,10,17-18H,9H2. The van der Waals surface area contributed by atoms with E-state index in [9.17, 15) is 4.39 Å². The van der Waals surface area contributed by atoms with Crippen LogP contribution in [0.15, 0.2) is 54.7 Å². The van der Waals surface area contributed by atoms with Crippen LogP contribution in [0.1, 0.15) is 5.56 Å². The van der Waals surface area contributed by atoms with Gasteiger partial charge in [-0.2, -0.15) is 0 Å². The van der Waals surface area contributed by atoms with Crippen molar-refractivity contribution in [3.8, 4) is 0 Å². The summed E-state index contributed by atoms with van der Waals surface area (Å²) in [6.45, 7) is 0.674. The summed E-state index contributed by atoms with van der Waals surface area (Å²) in [6.07, 6.45) is 1.98. The van der Waals surface area contributed by atoms with E-state index in [0.29, 0.717) is 6.54 Å². The van der Waals surface area contributed by atoms with Crippen LogP contribution in [0.5, 0.6) is 0 Å². The first kappa shape index (κ1) is 10.8. The molecule has 1 aromatic heterocycles. The molecule has 0 radical (unpaired) electrons. The predicted molar refractivity (Wildman–Crippen MR) is 72.0 cm³/mol. The van der Waals surface area contributed by atoms with E-state index < -0.39 is 0 Å². The second-order valence-corrected chi connectivity index (χ2v) is 4.22. The zero-order valence-electron chi connectivity index (χ0n) is 9.78. The Morgan fingerprint density at radius 1 is 1.06 bits per heavy atom. The molecule has 3 heteroatoms. The highest BCUT2D eigenvalue weighted by Crippen LogP contribution is 2.19. The van der Waals surface area contributed by atoms with Crippen molar-refractivity contribution in [3.05, 3.63) is 66.1 Å². The Hall–Kier alpha value is -2.29. The third-order valence-electron chi connectivity index (χ3n) is 2.98. The summed E-state index contributed by atoms with van der Waals surface area (Å²) in [6, 6.07) is 14.6. The average molecular weight is 240 g/mol. The predicted octanol–water partition coefficient (Wildman–Crippen LogP) is 3.92. The monoisotopic (exact) mass is 240 g/mol. The Kier molecular flexibility index (Phi) is 2.73.